The van der Waals surface area contributed by atoms with Gasteiger partial charge in [0.2, 0.25) is 0 Å². The van der Waals surface area contributed by atoms with Crippen LogP contribution < -0.4 is 5.32 Å². The predicted molar refractivity (Wildman–Crippen MR) is 85.5 cm³/mol. The Bertz CT molecular complexity index is 356. The zero-order chi connectivity index (χ0) is 13.9. The van der Waals surface area contributed by atoms with Crippen LogP contribution in [0.25, 0.3) is 0 Å². The predicted octanol–water partition coefficient (Wildman–Crippen LogP) is 5.17. The van der Waals surface area contributed by atoms with Crippen LogP contribution >= 0.6 is 0 Å². The summed E-state index contributed by atoms with van der Waals surface area (Å²) < 4.78 is 0. The molecule has 0 spiro atoms. The molecule has 0 saturated heterocycles. The van der Waals surface area contributed by atoms with Crippen LogP contribution in [0, 0.1) is 6.92 Å². The Morgan fingerprint density at radius 3 is 2.68 bits per heavy atom. The smallest absolute Gasteiger partial charge is 0.0322 e. The van der Waals surface area contributed by atoms with Crippen molar-refractivity contribution in [1.82, 2.24) is 5.32 Å². The highest BCUT2D eigenvalue weighted by atomic mass is 14.9. The molecule has 1 N–H and O–H groups in total. The maximum absolute atomic E-state index is 3.78. The fraction of sp³-hybridized carbons (Fsp3) is 0.556. The largest absolute Gasteiger partial charge is 0.310 e. The summed E-state index contributed by atoms with van der Waals surface area (Å²) in [4.78, 5) is 0. The van der Waals surface area contributed by atoms with Crippen LogP contribution in [0.3, 0.4) is 0 Å². The van der Waals surface area contributed by atoms with Gasteiger partial charge in [0, 0.05) is 6.04 Å². The van der Waals surface area contributed by atoms with E-state index in [0.717, 1.165) is 13.0 Å². The van der Waals surface area contributed by atoms with Gasteiger partial charge < -0.3 is 5.32 Å². The van der Waals surface area contributed by atoms with Crippen molar-refractivity contribution < 1.29 is 0 Å². The van der Waals surface area contributed by atoms with Gasteiger partial charge in [0.1, 0.15) is 0 Å². The number of unbranched alkanes of at least 4 members (excludes halogenated alkanes) is 3. The van der Waals surface area contributed by atoms with Crippen LogP contribution in [0.2, 0.25) is 0 Å². The Hall–Kier alpha value is -1.08. The summed E-state index contributed by atoms with van der Waals surface area (Å²) >= 11 is 0. The maximum Gasteiger partial charge on any atom is 0.0322 e. The van der Waals surface area contributed by atoms with E-state index in [9.17, 15) is 0 Å². The van der Waals surface area contributed by atoms with E-state index in [1.165, 1.54) is 43.2 Å². The lowest BCUT2D eigenvalue weighted by atomic mass is 9.96. The van der Waals surface area contributed by atoms with Gasteiger partial charge in [-0.05, 0) is 50.3 Å². The Morgan fingerprint density at radius 1 is 1.21 bits per heavy atom. The first-order valence-corrected chi connectivity index (χ1v) is 7.69. The van der Waals surface area contributed by atoms with E-state index in [0.29, 0.717) is 6.04 Å². The fourth-order valence-electron chi connectivity index (χ4n) is 2.48. The molecule has 1 unspecified atom stereocenters. The zero-order valence-electron chi connectivity index (χ0n) is 12.6. The van der Waals surface area contributed by atoms with E-state index in [2.05, 4.69) is 50.0 Å². The molecule has 0 aliphatic heterocycles. The van der Waals surface area contributed by atoms with Gasteiger partial charge in [-0.15, -0.1) is 6.58 Å². The molecule has 0 radical (unpaired) electrons. The van der Waals surface area contributed by atoms with Crippen molar-refractivity contribution in [3.63, 3.8) is 0 Å². The molecule has 0 aliphatic carbocycles. The molecule has 0 fully saturated rings. The first-order chi connectivity index (χ1) is 9.29. The van der Waals surface area contributed by atoms with Crippen LogP contribution in [-0.2, 0) is 0 Å². The minimum absolute atomic E-state index is 0.518. The quantitative estimate of drug-likeness (QED) is 0.451. The highest BCUT2D eigenvalue weighted by molar-refractivity contribution is 5.28. The third-order valence-corrected chi connectivity index (χ3v) is 3.61. The molecular formula is C18H29N. The van der Waals surface area contributed by atoms with Crippen molar-refractivity contribution in [2.75, 3.05) is 6.54 Å². The van der Waals surface area contributed by atoms with E-state index < -0.39 is 0 Å². The molecule has 0 heterocycles. The van der Waals surface area contributed by atoms with Crippen molar-refractivity contribution in [2.45, 2.75) is 58.4 Å². The van der Waals surface area contributed by atoms with E-state index >= 15 is 0 Å². The van der Waals surface area contributed by atoms with Gasteiger partial charge in [-0.3, -0.25) is 0 Å². The second-order valence-electron chi connectivity index (χ2n) is 5.29. The molecule has 0 saturated carbocycles. The van der Waals surface area contributed by atoms with Gasteiger partial charge in [-0.1, -0.05) is 50.1 Å². The van der Waals surface area contributed by atoms with Crippen molar-refractivity contribution in [3.05, 3.63) is 48.0 Å². The standard InChI is InChI=1S/C18H29N/c1-4-6-7-8-9-14-18(19-15-5-2)17-13-11-10-12-16(17)3/h4,10-13,18-19H,1,5-9,14-15H2,2-3H3. The first-order valence-electron chi connectivity index (χ1n) is 7.69. The Balaban J connectivity index is 2.52. The van der Waals surface area contributed by atoms with Crippen LogP contribution in [0.1, 0.15) is 62.6 Å². The lowest BCUT2D eigenvalue weighted by molar-refractivity contribution is 0.470. The van der Waals surface area contributed by atoms with Crippen LogP contribution in [0.4, 0.5) is 0 Å². The average Bonchev–Trinajstić information content (AvgIpc) is 2.43. The molecule has 0 amide bonds. The number of benzene rings is 1. The first kappa shape index (κ1) is 16.0. The molecule has 106 valence electrons. The number of hydrogen-bond acceptors (Lipinski definition) is 1. The molecule has 0 bridgehead atoms. The Labute approximate surface area is 119 Å². The molecule has 1 aromatic carbocycles. The third kappa shape index (κ3) is 6.07. The summed E-state index contributed by atoms with van der Waals surface area (Å²) in [5.74, 6) is 0. The van der Waals surface area contributed by atoms with E-state index in [1.54, 1.807) is 0 Å². The van der Waals surface area contributed by atoms with Crippen molar-refractivity contribution in [2.24, 2.45) is 0 Å². The Morgan fingerprint density at radius 2 is 2.00 bits per heavy atom. The van der Waals surface area contributed by atoms with Gasteiger partial charge in [0.05, 0.1) is 0 Å². The van der Waals surface area contributed by atoms with Crippen molar-refractivity contribution in [3.8, 4) is 0 Å². The van der Waals surface area contributed by atoms with Gasteiger partial charge in [-0.25, -0.2) is 0 Å². The summed E-state index contributed by atoms with van der Waals surface area (Å²) in [6.07, 6.45) is 9.48. The van der Waals surface area contributed by atoms with Gasteiger partial charge in [-0.2, -0.15) is 0 Å². The summed E-state index contributed by atoms with van der Waals surface area (Å²) in [6, 6.07) is 9.28. The lowest BCUT2D eigenvalue weighted by Gasteiger charge is -2.21. The number of rotatable bonds is 10. The highest BCUT2D eigenvalue weighted by Gasteiger charge is 2.11. The zero-order valence-corrected chi connectivity index (χ0v) is 12.6. The topological polar surface area (TPSA) is 12.0 Å². The SMILES string of the molecule is C=CCCCCCC(NCCC)c1ccccc1C. The molecule has 1 nitrogen and oxygen atoms in total. The van der Waals surface area contributed by atoms with Crippen LogP contribution in [0.15, 0.2) is 36.9 Å². The number of nitrogens with one attached hydrogen (secondary N) is 1. The van der Waals surface area contributed by atoms with E-state index in [1.807, 2.05) is 6.08 Å². The van der Waals surface area contributed by atoms with Crippen molar-refractivity contribution >= 4 is 0 Å². The number of aryl methyl sites for hydroxylation is 1. The molecule has 1 aromatic rings. The summed E-state index contributed by atoms with van der Waals surface area (Å²) in [5, 5.41) is 3.70. The molecule has 1 heteroatoms. The van der Waals surface area contributed by atoms with Gasteiger partial charge >= 0.3 is 0 Å². The fourth-order valence-corrected chi connectivity index (χ4v) is 2.48. The van der Waals surface area contributed by atoms with Crippen LogP contribution in [0.5, 0.6) is 0 Å². The second-order valence-corrected chi connectivity index (χ2v) is 5.29. The number of allylic oxidation sites excluding steroid dienone is 1. The summed E-state index contributed by atoms with van der Waals surface area (Å²) in [5.41, 5.74) is 2.88. The minimum Gasteiger partial charge on any atom is -0.310 e. The van der Waals surface area contributed by atoms with E-state index in [4.69, 9.17) is 0 Å². The normalized spacial score (nSPS) is 12.3. The van der Waals surface area contributed by atoms with Crippen molar-refractivity contribution in [1.29, 1.82) is 0 Å². The molecule has 0 aliphatic rings. The summed E-state index contributed by atoms with van der Waals surface area (Å²) in [6.45, 7) is 9.33. The molecule has 0 aromatic heterocycles. The monoisotopic (exact) mass is 259 g/mol. The summed E-state index contributed by atoms with van der Waals surface area (Å²) in [7, 11) is 0. The van der Waals surface area contributed by atoms with Crippen LogP contribution in [-0.4, -0.2) is 6.54 Å². The van der Waals surface area contributed by atoms with Gasteiger partial charge in [0.15, 0.2) is 0 Å². The minimum atomic E-state index is 0.518. The Kier molecular flexibility index (Phi) is 8.24. The lowest BCUT2D eigenvalue weighted by Crippen LogP contribution is -2.22. The number of hydrogen-bond donors (Lipinski definition) is 1. The molecular weight excluding hydrogens is 230 g/mol. The second kappa shape index (κ2) is 9.80. The molecule has 19 heavy (non-hydrogen) atoms. The molecule has 1 atom stereocenters. The van der Waals surface area contributed by atoms with E-state index in [-0.39, 0.29) is 0 Å². The van der Waals surface area contributed by atoms with Gasteiger partial charge in [0.25, 0.3) is 0 Å². The maximum atomic E-state index is 3.78. The highest BCUT2D eigenvalue weighted by Crippen LogP contribution is 2.23. The molecule has 1 rings (SSSR count). The average molecular weight is 259 g/mol. The third-order valence-electron chi connectivity index (χ3n) is 3.61.